The number of hydrogen-bond donors (Lipinski definition) is 0. The molecule has 2 aromatic rings. The molecule has 0 radical (unpaired) electrons. The minimum absolute atomic E-state index is 0.0143. The fourth-order valence-corrected chi connectivity index (χ4v) is 2.65. The van der Waals surface area contributed by atoms with E-state index >= 15 is 0 Å². The van der Waals surface area contributed by atoms with Gasteiger partial charge in [0.05, 0.1) is 21.6 Å². The van der Waals surface area contributed by atoms with E-state index in [2.05, 4.69) is 0 Å². The van der Waals surface area contributed by atoms with E-state index < -0.39 is 32.8 Å². The smallest absolute Gasteiger partial charge is 0.350 e. The van der Waals surface area contributed by atoms with Crippen molar-refractivity contribution in [1.82, 2.24) is 0 Å². The van der Waals surface area contributed by atoms with E-state index in [1.165, 1.54) is 24.3 Å². The minimum atomic E-state index is -1.08. The van der Waals surface area contributed by atoms with Gasteiger partial charge in [-0.3, -0.25) is 34.7 Å². The summed E-state index contributed by atoms with van der Waals surface area (Å²) >= 11 is 0. The number of carbonyl (C=O) groups excluding carboxylic acids is 3. The van der Waals surface area contributed by atoms with Crippen molar-refractivity contribution in [3.05, 3.63) is 68.3 Å². The maximum absolute atomic E-state index is 12.3. The van der Waals surface area contributed by atoms with E-state index in [1.54, 1.807) is 0 Å². The maximum atomic E-state index is 12.3. The number of anilines is 1. The van der Waals surface area contributed by atoms with Crippen molar-refractivity contribution < 1.29 is 29.0 Å². The SMILES string of the molecule is O=C(Oc1ccc(N2C(=O)CCC2=O)cc1)c1ccc([N+](=O)[O-])cc1[N+](=O)[O-]. The number of nitro groups is 2. The van der Waals surface area contributed by atoms with Crippen molar-refractivity contribution in [1.29, 1.82) is 0 Å². The molecular formula is C17H11N3O8. The van der Waals surface area contributed by atoms with Crippen LogP contribution in [-0.2, 0) is 9.59 Å². The lowest BCUT2D eigenvalue weighted by molar-refractivity contribution is -0.394. The molecular weight excluding hydrogens is 374 g/mol. The molecule has 11 nitrogen and oxygen atoms in total. The Morgan fingerprint density at radius 3 is 2.07 bits per heavy atom. The first-order valence-corrected chi connectivity index (χ1v) is 7.89. The number of carbonyl (C=O) groups is 3. The van der Waals surface area contributed by atoms with E-state index in [1.807, 2.05) is 0 Å². The summed E-state index contributed by atoms with van der Waals surface area (Å²) in [5.74, 6) is -1.74. The standard InChI is InChI=1S/C17H11N3O8/c21-15-7-8-16(22)18(15)10-1-4-12(5-2-10)28-17(23)13-6-3-11(19(24)25)9-14(13)20(26)27/h1-6,9H,7-8H2. The summed E-state index contributed by atoms with van der Waals surface area (Å²) in [6.45, 7) is 0. The van der Waals surface area contributed by atoms with Crippen LogP contribution in [0.1, 0.15) is 23.2 Å². The number of nitrogens with zero attached hydrogens (tertiary/aromatic N) is 3. The highest BCUT2D eigenvalue weighted by atomic mass is 16.6. The second-order valence-corrected chi connectivity index (χ2v) is 5.72. The van der Waals surface area contributed by atoms with Gasteiger partial charge >= 0.3 is 5.97 Å². The lowest BCUT2D eigenvalue weighted by Crippen LogP contribution is -2.28. The first-order valence-electron chi connectivity index (χ1n) is 7.89. The molecule has 1 heterocycles. The molecule has 0 aromatic heterocycles. The predicted molar refractivity (Wildman–Crippen MR) is 92.9 cm³/mol. The maximum Gasteiger partial charge on any atom is 0.350 e. The van der Waals surface area contributed by atoms with Crippen LogP contribution in [0.4, 0.5) is 17.1 Å². The number of amides is 2. The highest BCUT2D eigenvalue weighted by Crippen LogP contribution is 2.28. The van der Waals surface area contributed by atoms with Gasteiger partial charge in [0.25, 0.3) is 11.4 Å². The normalized spacial score (nSPS) is 13.5. The van der Waals surface area contributed by atoms with Crippen molar-refractivity contribution in [2.24, 2.45) is 0 Å². The van der Waals surface area contributed by atoms with Crippen LogP contribution in [0.25, 0.3) is 0 Å². The highest BCUT2D eigenvalue weighted by Gasteiger charge is 2.30. The summed E-state index contributed by atoms with van der Waals surface area (Å²) in [4.78, 5) is 56.8. The Morgan fingerprint density at radius 1 is 0.929 bits per heavy atom. The third kappa shape index (κ3) is 3.53. The van der Waals surface area contributed by atoms with Crippen LogP contribution in [0.3, 0.4) is 0 Å². The number of rotatable bonds is 5. The average molecular weight is 385 g/mol. The minimum Gasteiger partial charge on any atom is -0.423 e. The number of hydrogen-bond acceptors (Lipinski definition) is 8. The monoisotopic (exact) mass is 385 g/mol. The van der Waals surface area contributed by atoms with Crippen LogP contribution >= 0.6 is 0 Å². The molecule has 0 unspecified atom stereocenters. The van der Waals surface area contributed by atoms with Crippen LogP contribution in [0, 0.1) is 20.2 Å². The molecule has 0 saturated carbocycles. The van der Waals surface area contributed by atoms with Crippen LogP contribution in [0.5, 0.6) is 5.75 Å². The summed E-state index contributed by atoms with van der Waals surface area (Å²) in [7, 11) is 0. The van der Waals surface area contributed by atoms with Gasteiger partial charge in [-0.1, -0.05) is 0 Å². The molecule has 11 heteroatoms. The third-order valence-electron chi connectivity index (χ3n) is 3.97. The van der Waals surface area contributed by atoms with Gasteiger partial charge in [0, 0.05) is 18.9 Å². The molecule has 1 fully saturated rings. The molecule has 2 aromatic carbocycles. The molecule has 28 heavy (non-hydrogen) atoms. The van der Waals surface area contributed by atoms with Crippen LogP contribution in [-0.4, -0.2) is 27.6 Å². The Hall–Kier alpha value is -4.15. The van der Waals surface area contributed by atoms with Gasteiger partial charge in [-0.25, -0.2) is 4.79 Å². The summed E-state index contributed by atoms with van der Waals surface area (Å²) in [5, 5.41) is 21.9. The third-order valence-corrected chi connectivity index (χ3v) is 3.97. The van der Waals surface area contributed by atoms with Gasteiger partial charge in [-0.05, 0) is 30.3 Å². The van der Waals surface area contributed by atoms with E-state index in [-0.39, 0.29) is 30.4 Å². The molecule has 2 amide bonds. The number of imide groups is 1. The second kappa shape index (κ2) is 7.23. The quantitative estimate of drug-likeness (QED) is 0.250. The zero-order valence-corrected chi connectivity index (χ0v) is 14.1. The molecule has 142 valence electrons. The molecule has 0 spiro atoms. The number of esters is 1. The number of benzene rings is 2. The Labute approximate surface area is 156 Å². The van der Waals surface area contributed by atoms with Gasteiger partial charge in [-0.15, -0.1) is 0 Å². The van der Waals surface area contributed by atoms with Crippen LogP contribution in [0.15, 0.2) is 42.5 Å². The van der Waals surface area contributed by atoms with Gasteiger partial charge < -0.3 is 4.74 Å². The number of non-ortho nitro benzene ring substituents is 1. The first-order chi connectivity index (χ1) is 13.3. The fourth-order valence-electron chi connectivity index (χ4n) is 2.65. The summed E-state index contributed by atoms with van der Waals surface area (Å²) in [6.07, 6.45) is 0.249. The van der Waals surface area contributed by atoms with Crippen LogP contribution < -0.4 is 9.64 Å². The molecule has 0 aliphatic carbocycles. The Bertz CT molecular complexity index is 1000. The molecule has 0 bridgehead atoms. The first kappa shape index (κ1) is 18.6. The van der Waals surface area contributed by atoms with Gasteiger partial charge in [-0.2, -0.15) is 0 Å². The molecule has 1 aliphatic rings. The van der Waals surface area contributed by atoms with Crippen molar-refractivity contribution in [2.45, 2.75) is 12.8 Å². The highest BCUT2D eigenvalue weighted by molar-refractivity contribution is 6.19. The molecule has 1 saturated heterocycles. The zero-order valence-electron chi connectivity index (χ0n) is 14.1. The van der Waals surface area contributed by atoms with Crippen molar-refractivity contribution >= 4 is 34.8 Å². The second-order valence-electron chi connectivity index (χ2n) is 5.72. The van der Waals surface area contributed by atoms with E-state index in [0.717, 1.165) is 17.0 Å². The topological polar surface area (TPSA) is 150 Å². The number of ether oxygens (including phenoxy) is 1. The molecule has 1 aliphatic heterocycles. The van der Waals surface area contributed by atoms with Gasteiger partial charge in [0.1, 0.15) is 11.3 Å². The number of nitro benzene ring substituents is 2. The van der Waals surface area contributed by atoms with Crippen LogP contribution in [0.2, 0.25) is 0 Å². The predicted octanol–water partition coefficient (Wildman–Crippen LogP) is 2.38. The van der Waals surface area contributed by atoms with Gasteiger partial charge in [0.15, 0.2) is 0 Å². The van der Waals surface area contributed by atoms with E-state index in [0.29, 0.717) is 11.8 Å². The summed E-state index contributed by atoms with van der Waals surface area (Å²) < 4.78 is 5.06. The van der Waals surface area contributed by atoms with Crippen molar-refractivity contribution in [3.8, 4) is 5.75 Å². The molecule has 3 rings (SSSR count). The van der Waals surface area contributed by atoms with Crippen molar-refractivity contribution in [3.63, 3.8) is 0 Å². The Morgan fingerprint density at radius 2 is 1.54 bits per heavy atom. The van der Waals surface area contributed by atoms with Crippen molar-refractivity contribution in [2.75, 3.05) is 4.90 Å². The average Bonchev–Trinajstić information content (AvgIpc) is 3.00. The van der Waals surface area contributed by atoms with Gasteiger partial charge in [0.2, 0.25) is 11.8 Å². The summed E-state index contributed by atoms with van der Waals surface area (Å²) in [6, 6.07) is 8.00. The fraction of sp³-hybridized carbons (Fsp3) is 0.118. The Balaban J connectivity index is 1.82. The summed E-state index contributed by atoms with van der Waals surface area (Å²) in [5.41, 5.74) is -1.44. The zero-order chi connectivity index (χ0) is 20.4. The Kier molecular flexibility index (Phi) is 4.81. The molecule has 0 N–H and O–H groups in total. The van der Waals surface area contributed by atoms with E-state index in [9.17, 15) is 34.6 Å². The van der Waals surface area contributed by atoms with E-state index in [4.69, 9.17) is 4.74 Å². The lowest BCUT2D eigenvalue weighted by atomic mass is 10.1. The lowest BCUT2D eigenvalue weighted by Gasteiger charge is -2.14. The largest absolute Gasteiger partial charge is 0.423 e. The molecule has 0 atom stereocenters.